The molecule has 0 N–H and O–H groups in total. The summed E-state index contributed by atoms with van der Waals surface area (Å²) in [5, 5.41) is 0. The molecule has 0 rings (SSSR count). The number of thiol groups is 2. The van der Waals surface area contributed by atoms with Crippen molar-refractivity contribution in [3.05, 3.63) is 26.6 Å². The first-order valence-electron chi connectivity index (χ1n) is 5.40. The molecule has 0 aliphatic rings. The van der Waals surface area contributed by atoms with Crippen LogP contribution >= 0.6 is 0 Å². The first-order valence-corrected chi connectivity index (χ1v) is 7.56. The van der Waals surface area contributed by atoms with E-state index in [9.17, 15) is 0 Å². The zero-order chi connectivity index (χ0) is 17.8. The predicted octanol–water partition coefficient (Wildman–Crippen LogP) is 2.06. The number of hydrogen-bond donors (Lipinski definition) is 0. The first-order chi connectivity index (χ1) is 9.21. The van der Waals surface area contributed by atoms with Crippen LogP contribution in [0.4, 0.5) is 0 Å². The van der Waals surface area contributed by atoms with Crippen molar-refractivity contribution in [1.29, 1.82) is 0 Å². The average Bonchev–Trinajstić information content (AvgIpc) is 2.42. The molecular formula is C14H24CrO4S2+6. The molecule has 0 saturated heterocycles. The Morgan fingerprint density at radius 2 is 0.714 bits per heavy atom. The van der Waals surface area contributed by atoms with Crippen LogP contribution in [0.15, 0.2) is 0 Å². The maximum Gasteiger partial charge on any atom is 4.00 e. The fraction of sp³-hybridized carbons (Fsp3) is 0.714. The Bertz CT molecular complexity index is 220. The second-order valence-electron chi connectivity index (χ2n) is 5.11. The van der Waals surface area contributed by atoms with Gasteiger partial charge in [-0.2, -0.15) is 0 Å². The third-order valence-corrected chi connectivity index (χ3v) is 4.42. The summed E-state index contributed by atoms with van der Waals surface area (Å²) in [6.45, 7) is 31.8. The molecule has 0 atom stereocenters. The van der Waals surface area contributed by atoms with Crippen LogP contribution in [0.5, 0.6) is 0 Å². The van der Waals surface area contributed by atoms with E-state index < -0.39 is 0 Å². The van der Waals surface area contributed by atoms with Crippen LogP contribution in [0.2, 0.25) is 0 Å². The van der Waals surface area contributed by atoms with Crippen molar-refractivity contribution in [1.82, 2.24) is 0 Å². The van der Waals surface area contributed by atoms with Crippen LogP contribution in [-0.4, -0.2) is 21.0 Å². The third-order valence-electron chi connectivity index (χ3n) is 1.27. The van der Waals surface area contributed by atoms with E-state index in [-0.39, 0.29) is 17.4 Å². The molecule has 7 heteroatoms. The average molecular weight is 372 g/mol. The van der Waals surface area contributed by atoms with Crippen LogP contribution in [-0.2, 0) is 59.5 Å². The van der Waals surface area contributed by atoms with Gasteiger partial charge in [0.25, 0.3) is 0 Å². The van der Waals surface area contributed by atoms with Crippen LogP contribution in [0.1, 0.15) is 41.5 Å². The predicted molar refractivity (Wildman–Crippen MR) is 82.5 cm³/mol. The van der Waals surface area contributed by atoms with Gasteiger partial charge in [-0.05, 0) is 65.1 Å². The summed E-state index contributed by atoms with van der Waals surface area (Å²) < 4.78 is 31.0. The molecule has 21 heavy (non-hydrogen) atoms. The molecule has 0 aromatic carbocycles. The molecule has 0 aliphatic carbocycles. The molecule has 0 unspecified atom stereocenters. The van der Waals surface area contributed by atoms with Gasteiger partial charge in [-0.1, -0.05) is 0 Å². The van der Waals surface area contributed by atoms with Gasteiger partial charge in [0.1, 0.15) is 9.49 Å². The minimum Gasteiger partial charge on any atom is 4.00 e. The smallest absolute Gasteiger partial charge is 4.00 e. The summed E-state index contributed by atoms with van der Waals surface area (Å²) in [7, 11) is 0. The van der Waals surface area contributed by atoms with Crippen molar-refractivity contribution in [2.24, 2.45) is 0 Å². The molecule has 0 heterocycles. The summed E-state index contributed by atoms with van der Waals surface area (Å²) in [6.07, 6.45) is 0. The van der Waals surface area contributed by atoms with Gasteiger partial charge in [-0.25, -0.2) is 0 Å². The van der Waals surface area contributed by atoms with E-state index in [1.54, 1.807) is 23.5 Å². The van der Waals surface area contributed by atoms with Crippen LogP contribution in [0.25, 0.3) is 0 Å². The first kappa shape index (κ1) is 37.4. The molecule has 116 valence electrons. The van der Waals surface area contributed by atoms with Gasteiger partial charge >= 0.3 is 62.6 Å². The Kier molecular flexibility index (Phi) is 50.6. The molecule has 0 saturated carbocycles. The van der Waals surface area contributed by atoms with E-state index in [2.05, 4.69) is 68.1 Å². The summed E-state index contributed by atoms with van der Waals surface area (Å²) in [4.78, 5) is 0. The Balaban J connectivity index is -0.0000000537. The van der Waals surface area contributed by atoms with Gasteiger partial charge in [0, 0.05) is 0 Å². The summed E-state index contributed by atoms with van der Waals surface area (Å²) in [5.74, 6) is 2.70. The summed E-state index contributed by atoms with van der Waals surface area (Å²) in [6, 6.07) is 0. The topological polar surface area (TPSA) is 79.6 Å². The van der Waals surface area contributed by atoms with E-state index in [0.717, 1.165) is 0 Å². The Labute approximate surface area is 148 Å². The minimum atomic E-state index is 0. The molecule has 0 aromatic heterocycles. The van der Waals surface area contributed by atoms with E-state index >= 15 is 0 Å². The normalized spacial score (nSPS) is 8.10. The monoisotopic (exact) mass is 372 g/mol. The quantitative estimate of drug-likeness (QED) is 0.315. The Morgan fingerprint density at radius 3 is 0.810 bits per heavy atom. The van der Waals surface area contributed by atoms with Crippen molar-refractivity contribution < 1.29 is 36.0 Å². The Hall–Kier alpha value is 0.192. The van der Waals surface area contributed by atoms with Gasteiger partial charge in [-0.15, -0.1) is 0 Å². The van der Waals surface area contributed by atoms with Crippen LogP contribution < -0.4 is 0 Å². The van der Waals surface area contributed by atoms with Crippen molar-refractivity contribution in [2.75, 3.05) is 11.5 Å². The van der Waals surface area contributed by atoms with Gasteiger partial charge in [0.15, 0.2) is 11.5 Å². The van der Waals surface area contributed by atoms with Crippen LogP contribution in [0, 0.1) is 26.6 Å². The number of hydrogen-bond acceptors (Lipinski definition) is 0. The van der Waals surface area contributed by atoms with Gasteiger partial charge in [0.05, 0.1) is 0 Å². The maximum atomic E-state index is 7.50. The molecule has 0 radical (unpaired) electrons. The van der Waals surface area contributed by atoms with Gasteiger partial charge in [0.2, 0.25) is 0 Å². The van der Waals surface area contributed by atoms with E-state index in [4.69, 9.17) is 18.6 Å². The standard InChI is InChI=1S/C10H22S2.4CO.Cr/c1-9(2,3)11-7-8-12-10(4,5)6;4*1-2;/h7-8H2,1-6H3;;;;;/q;;;;;+4/p+2. The largest absolute Gasteiger partial charge is 4.00 e. The molecular weight excluding hydrogens is 348 g/mol. The molecule has 0 spiro atoms. The third kappa shape index (κ3) is 79.1. The second-order valence-corrected chi connectivity index (χ2v) is 9.32. The van der Waals surface area contributed by atoms with Gasteiger partial charge in [-0.3, -0.25) is 0 Å². The van der Waals surface area contributed by atoms with E-state index in [1.807, 2.05) is 0 Å². The molecule has 0 fully saturated rings. The van der Waals surface area contributed by atoms with Crippen molar-refractivity contribution in [2.45, 2.75) is 51.0 Å². The van der Waals surface area contributed by atoms with Gasteiger partial charge < -0.3 is 0 Å². The van der Waals surface area contributed by atoms with Crippen molar-refractivity contribution in [3.63, 3.8) is 0 Å². The van der Waals surface area contributed by atoms with E-state index in [0.29, 0.717) is 9.49 Å². The van der Waals surface area contributed by atoms with Crippen LogP contribution in [0.3, 0.4) is 0 Å². The second kappa shape index (κ2) is 28.4. The fourth-order valence-corrected chi connectivity index (χ4v) is 2.91. The molecule has 0 aromatic rings. The minimum absolute atomic E-state index is 0. The fourth-order valence-electron chi connectivity index (χ4n) is 0.771. The van der Waals surface area contributed by atoms with Crippen molar-refractivity contribution >= 4 is 23.5 Å². The molecule has 0 amide bonds. The Morgan fingerprint density at radius 1 is 0.571 bits per heavy atom. The zero-order valence-corrected chi connectivity index (χ0v) is 16.4. The SMILES string of the molecule is CC(C)(C)[SH+]CC[SH+]C(C)(C)C.[C-]#[O+].[C-]#[O+].[C-]#[O+].[C-]#[O+].[Cr+4]. The molecule has 4 nitrogen and oxygen atoms in total. The number of rotatable bonds is 3. The summed E-state index contributed by atoms with van der Waals surface area (Å²) in [5.41, 5.74) is 0. The summed E-state index contributed by atoms with van der Waals surface area (Å²) >= 11 is 3.19. The zero-order valence-electron chi connectivity index (χ0n) is 13.3. The van der Waals surface area contributed by atoms with Crippen molar-refractivity contribution in [3.8, 4) is 0 Å². The molecule has 0 bridgehead atoms. The van der Waals surface area contributed by atoms with E-state index in [1.165, 1.54) is 11.5 Å². The molecule has 0 aliphatic heterocycles. The maximum absolute atomic E-state index is 7.50.